The van der Waals surface area contributed by atoms with Crippen molar-refractivity contribution in [3.05, 3.63) is 30.1 Å². The van der Waals surface area contributed by atoms with Gasteiger partial charge in [0.1, 0.15) is 0 Å². The first-order valence-electron chi connectivity index (χ1n) is 10.7. The first-order valence-corrected chi connectivity index (χ1v) is 10.7. The minimum atomic E-state index is 0.125. The summed E-state index contributed by atoms with van der Waals surface area (Å²) in [6, 6.07) is 4.48. The topological polar surface area (TPSA) is 56.8 Å². The Kier molecular flexibility index (Phi) is 5.41. The van der Waals surface area contributed by atoms with Crippen LogP contribution >= 0.6 is 0 Å². The van der Waals surface area contributed by atoms with Crippen molar-refractivity contribution in [3.63, 3.8) is 0 Å². The van der Waals surface area contributed by atoms with Gasteiger partial charge in [-0.3, -0.25) is 19.5 Å². The molecule has 0 aromatic carbocycles. The van der Waals surface area contributed by atoms with E-state index in [0.717, 1.165) is 57.5 Å². The Bertz CT molecular complexity index is 692. The summed E-state index contributed by atoms with van der Waals surface area (Å²) in [6.45, 7) is 9.00. The molecule has 1 aromatic heterocycles. The average Bonchev–Trinajstić information content (AvgIpc) is 2.71. The number of likely N-dealkylation sites (tertiary alicyclic amines) is 1. The van der Waals surface area contributed by atoms with Gasteiger partial charge in [0.25, 0.3) is 5.91 Å². The highest BCUT2D eigenvalue weighted by Crippen LogP contribution is 2.54. The number of amides is 2. The first kappa shape index (κ1) is 19.4. The normalized spacial score (nSPS) is 25.8. The summed E-state index contributed by atoms with van der Waals surface area (Å²) in [6.07, 6.45) is 8.99. The minimum Gasteiger partial charge on any atom is -0.339 e. The number of piperazine rings is 1. The number of carbonyl (C=O) groups is 2. The third-order valence-electron chi connectivity index (χ3n) is 7.33. The fourth-order valence-corrected chi connectivity index (χ4v) is 5.46. The molecule has 1 aliphatic carbocycles. The third-order valence-corrected chi connectivity index (χ3v) is 7.33. The summed E-state index contributed by atoms with van der Waals surface area (Å²) >= 11 is 0. The molecule has 2 saturated heterocycles. The van der Waals surface area contributed by atoms with Gasteiger partial charge in [-0.25, -0.2) is 0 Å². The van der Waals surface area contributed by atoms with E-state index in [9.17, 15) is 9.59 Å². The van der Waals surface area contributed by atoms with Gasteiger partial charge in [0.2, 0.25) is 6.41 Å². The van der Waals surface area contributed by atoms with Gasteiger partial charge in [-0.2, -0.15) is 0 Å². The van der Waals surface area contributed by atoms with Crippen molar-refractivity contribution in [1.29, 1.82) is 0 Å². The lowest BCUT2D eigenvalue weighted by atomic mass is 9.55. The van der Waals surface area contributed by atoms with E-state index in [1.807, 2.05) is 9.80 Å². The van der Waals surface area contributed by atoms with Crippen LogP contribution in [0.3, 0.4) is 0 Å². The van der Waals surface area contributed by atoms with Gasteiger partial charge in [0, 0.05) is 62.8 Å². The first-order chi connectivity index (χ1) is 13.5. The Morgan fingerprint density at radius 2 is 1.82 bits per heavy atom. The van der Waals surface area contributed by atoms with Crippen LogP contribution in [-0.4, -0.2) is 76.8 Å². The van der Waals surface area contributed by atoms with Gasteiger partial charge >= 0.3 is 0 Å². The molecule has 0 bridgehead atoms. The fraction of sp³-hybridized carbons (Fsp3) is 0.682. The highest BCUT2D eigenvalue weighted by Gasteiger charge is 2.50. The van der Waals surface area contributed by atoms with Crippen molar-refractivity contribution in [3.8, 4) is 0 Å². The zero-order valence-corrected chi connectivity index (χ0v) is 17.1. The molecule has 1 unspecified atom stereocenters. The summed E-state index contributed by atoms with van der Waals surface area (Å²) in [5.41, 5.74) is 1.11. The molecule has 4 rings (SSSR count). The Morgan fingerprint density at radius 1 is 1.14 bits per heavy atom. The molecule has 1 aromatic rings. The highest BCUT2D eigenvalue weighted by atomic mass is 16.2. The molecule has 152 valence electrons. The summed E-state index contributed by atoms with van der Waals surface area (Å²) in [5.74, 6) is 0.731. The average molecular weight is 385 g/mol. The molecule has 1 saturated carbocycles. The Morgan fingerprint density at radius 3 is 2.43 bits per heavy atom. The number of hydrogen-bond acceptors (Lipinski definition) is 4. The smallest absolute Gasteiger partial charge is 0.253 e. The molecular weight excluding hydrogens is 352 g/mol. The number of piperidine rings is 1. The fourth-order valence-electron chi connectivity index (χ4n) is 5.46. The molecule has 3 fully saturated rings. The van der Waals surface area contributed by atoms with E-state index in [0.29, 0.717) is 23.4 Å². The summed E-state index contributed by atoms with van der Waals surface area (Å²) in [7, 11) is 0. The van der Waals surface area contributed by atoms with E-state index in [-0.39, 0.29) is 5.91 Å². The molecule has 1 spiro atoms. The number of aromatic nitrogens is 1. The van der Waals surface area contributed by atoms with Crippen LogP contribution in [-0.2, 0) is 4.79 Å². The monoisotopic (exact) mass is 384 g/mol. The molecule has 28 heavy (non-hydrogen) atoms. The number of carbonyl (C=O) groups excluding carboxylic acids is 2. The van der Waals surface area contributed by atoms with Crippen LogP contribution in [0.4, 0.5) is 0 Å². The predicted octanol–water partition coefficient (Wildman–Crippen LogP) is 2.26. The van der Waals surface area contributed by atoms with Gasteiger partial charge < -0.3 is 9.80 Å². The van der Waals surface area contributed by atoms with Crippen LogP contribution in [0.15, 0.2) is 24.5 Å². The van der Waals surface area contributed by atoms with Gasteiger partial charge in [-0.05, 0) is 63.0 Å². The van der Waals surface area contributed by atoms with Crippen molar-refractivity contribution in [2.75, 3.05) is 32.7 Å². The molecular formula is C22H32N4O2. The van der Waals surface area contributed by atoms with Crippen LogP contribution in [0.2, 0.25) is 0 Å². The lowest BCUT2D eigenvalue weighted by molar-refractivity contribution is -0.130. The molecule has 2 aliphatic heterocycles. The van der Waals surface area contributed by atoms with Crippen LogP contribution < -0.4 is 0 Å². The van der Waals surface area contributed by atoms with Crippen molar-refractivity contribution < 1.29 is 9.59 Å². The van der Waals surface area contributed by atoms with Crippen molar-refractivity contribution in [1.82, 2.24) is 19.7 Å². The van der Waals surface area contributed by atoms with E-state index in [2.05, 4.69) is 23.7 Å². The lowest BCUT2D eigenvalue weighted by Gasteiger charge is -2.57. The van der Waals surface area contributed by atoms with Crippen molar-refractivity contribution >= 4 is 12.3 Å². The van der Waals surface area contributed by atoms with Gasteiger partial charge in [-0.1, -0.05) is 0 Å². The molecule has 0 N–H and O–H groups in total. The molecule has 3 aliphatic rings. The minimum absolute atomic E-state index is 0.125. The number of nitrogens with zero attached hydrogens (tertiary/aromatic N) is 4. The van der Waals surface area contributed by atoms with Crippen LogP contribution in [0.5, 0.6) is 0 Å². The summed E-state index contributed by atoms with van der Waals surface area (Å²) < 4.78 is 0. The van der Waals surface area contributed by atoms with E-state index < -0.39 is 0 Å². The van der Waals surface area contributed by atoms with E-state index in [4.69, 9.17) is 0 Å². The molecule has 0 radical (unpaired) electrons. The zero-order valence-electron chi connectivity index (χ0n) is 17.1. The predicted molar refractivity (Wildman–Crippen MR) is 108 cm³/mol. The molecule has 1 atom stereocenters. The second kappa shape index (κ2) is 7.82. The van der Waals surface area contributed by atoms with Gasteiger partial charge in [0.05, 0.1) is 0 Å². The highest BCUT2D eigenvalue weighted by molar-refractivity contribution is 5.94. The SMILES string of the molecule is CC(C)N1CCN(C=O)C(C2CC3(CCN(C(=O)c4ccncc4)CC3)C2)C1. The Labute approximate surface area is 167 Å². The standard InChI is InChI=1S/C22H32N4O2/c1-17(2)25-11-12-26(16-27)20(15-25)19-13-22(14-19)5-9-24(10-6-22)21(28)18-3-7-23-8-4-18/h3-4,7-8,16-17,19-20H,5-6,9-15H2,1-2H3. The number of pyridine rings is 1. The summed E-state index contributed by atoms with van der Waals surface area (Å²) in [5, 5.41) is 0. The third kappa shape index (κ3) is 3.66. The van der Waals surface area contributed by atoms with Gasteiger partial charge in [0.15, 0.2) is 0 Å². The maximum Gasteiger partial charge on any atom is 0.253 e. The molecule has 6 heteroatoms. The zero-order chi connectivity index (χ0) is 19.7. The maximum absolute atomic E-state index is 12.7. The molecule has 3 heterocycles. The Balaban J connectivity index is 1.32. The maximum atomic E-state index is 12.7. The molecule has 2 amide bonds. The number of rotatable bonds is 4. The largest absolute Gasteiger partial charge is 0.339 e. The van der Waals surface area contributed by atoms with E-state index >= 15 is 0 Å². The van der Waals surface area contributed by atoms with E-state index in [1.54, 1.807) is 24.5 Å². The molecule has 6 nitrogen and oxygen atoms in total. The quantitative estimate of drug-likeness (QED) is 0.748. The van der Waals surface area contributed by atoms with Crippen LogP contribution in [0.25, 0.3) is 0 Å². The summed E-state index contributed by atoms with van der Waals surface area (Å²) in [4.78, 5) is 34.8. The van der Waals surface area contributed by atoms with Crippen LogP contribution in [0, 0.1) is 11.3 Å². The lowest BCUT2D eigenvalue weighted by Crippen LogP contribution is -2.61. The van der Waals surface area contributed by atoms with Crippen LogP contribution in [0.1, 0.15) is 49.9 Å². The van der Waals surface area contributed by atoms with E-state index in [1.165, 1.54) is 12.8 Å². The van der Waals surface area contributed by atoms with Crippen molar-refractivity contribution in [2.24, 2.45) is 11.3 Å². The Hall–Kier alpha value is -1.95. The van der Waals surface area contributed by atoms with Gasteiger partial charge in [-0.15, -0.1) is 0 Å². The van der Waals surface area contributed by atoms with Crippen molar-refractivity contribution in [2.45, 2.75) is 51.6 Å². The number of hydrogen-bond donors (Lipinski definition) is 0. The second-order valence-electron chi connectivity index (χ2n) is 9.20. The second-order valence-corrected chi connectivity index (χ2v) is 9.20.